The Morgan fingerprint density at radius 3 is 2.18 bits per heavy atom. The first-order chi connectivity index (χ1) is 17.6. The van der Waals surface area contributed by atoms with Crippen LogP contribution in [0.2, 0.25) is 0 Å². The lowest BCUT2D eigenvalue weighted by atomic mass is 9.77. The first kappa shape index (κ1) is 27.8. The average molecular weight is 539 g/mol. The van der Waals surface area contributed by atoms with Crippen LogP contribution in [0.25, 0.3) is 11.5 Å². The monoisotopic (exact) mass is 538 g/mol. The highest BCUT2D eigenvalue weighted by atomic mass is 19.4. The highest BCUT2D eigenvalue weighted by molar-refractivity contribution is 5.90. The third-order valence-corrected chi connectivity index (χ3v) is 6.90. The second kappa shape index (κ2) is 9.81. The summed E-state index contributed by atoms with van der Waals surface area (Å²) in [6.45, 7) is 11.8. The maximum Gasteiger partial charge on any atom is 0.433 e. The minimum absolute atomic E-state index is 0.0156. The lowest BCUT2D eigenvalue weighted by Gasteiger charge is -2.38. The van der Waals surface area contributed by atoms with E-state index in [1.807, 2.05) is 6.92 Å². The maximum atomic E-state index is 13.6. The molecule has 4 rings (SSSR count). The molecule has 0 aliphatic carbocycles. The smallest absolute Gasteiger partial charge is 0.433 e. The van der Waals surface area contributed by atoms with Crippen LogP contribution in [0.15, 0.2) is 10.6 Å². The van der Waals surface area contributed by atoms with E-state index in [1.165, 1.54) is 0 Å². The Morgan fingerprint density at radius 1 is 1.00 bits per heavy atom. The molecule has 0 radical (unpaired) electrons. The third-order valence-electron chi connectivity index (χ3n) is 6.90. The van der Waals surface area contributed by atoms with Crippen LogP contribution in [0.3, 0.4) is 0 Å². The van der Waals surface area contributed by atoms with Crippen LogP contribution < -0.4 is 4.90 Å². The molecular weight excluding hydrogens is 505 g/mol. The predicted molar refractivity (Wildman–Crippen MR) is 130 cm³/mol. The maximum absolute atomic E-state index is 13.6. The fraction of sp³-hybridized carbons (Fsp3) is 0.680. The lowest BCUT2D eigenvalue weighted by Crippen LogP contribution is -2.47. The number of ketones is 1. The summed E-state index contributed by atoms with van der Waals surface area (Å²) >= 11 is 0. The van der Waals surface area contributed by atoms with Gasteiger partial charge in [-0.15, -0.1) is 0 Å². The Balaban J connectivity index is 1.51. The van der Waals surface area contributed by atoms with Crippen LogP contribution >= 0.6 is 0 Å². The molecule has 0 bridgehead atoms. The molecule has 13 heteroatoms. The Hall–Kier alpha value is -3.25. The van der Waals surface area contributed by atoms with Crippen LogP contribution in [0.5, 0.6) is 0 Å². The van der Waals surface area contributed by atoms with Gasteiger partial charge in [-0.3, -0.25) is 4.79 Å². The van der Waals surface area contributed by atoms with Crippen molar-refractivity contribution in [1.29, 1.82) is 0 Å². The van der Waals surface area contributed by atoms with Gasteiger partial charge in [0.05, 0.1) is 0 Å². The fourth-order valence-corrected chi connectivity index (χ4v) is 4.48. The minimum Gasteiger partial charge on any atom is -0.444 e. The first-order valence-corrected chi connectivity index (χ1v) is 12.7. The van der Waals surface area contributed by atoms with Crippen LogP contribution in [0.4, 0.5) is 23.9 Å². The van der Waals surface area contributed by atoms with Crippen LogP contribution in [0, 0.1) is 5.92 Å². The number of likely N-dealkylation sites (tertiary alicyclic amines) is 1. The van der Waals surface area contributed by atoms with Gasteiger partial charge in [0.25, 0.3) is 0 Å². The molecule has 4 heterocycles. The summed E-state index contributed by atoms with van der Waals surface area (Å²) in [5.41, 5.74) is -3.04. The highest BCUT2D eigenvalue weighted by Crippen LogP contribution is 2.35. The van der Waals surface area contributed by atoms with E-state index < -0.39 is 29.0 Å². The number of carbonyl (C=O) groups is 2. The summed E-state index contributed by atoms with van der Waals surface area (Å²) < 4.78 is 51.5. The van der Waals surface area contributed by atoms with E-state index in [2.05, 4.69) is 20.1 Å². The number of halogens is 3. The van der Waals surface area contributed by atoms with Crippen molar-refractivity contribution in [3.8, 4) is 11.5 Å². The van der Waals surface area contributed by atoms with Gasteiger partial charge < -0.3 is 19.1 Å². The second-order valence-corrected chi connectivity index (χ2v) is 11.4. The quantitative estimate of drug-likeness (QED) is 0.537. The number of amides is 1. The molecular formula is C25H33F3N6O4. The number of piperidine rings is 1. The summed E-state index contributed by atoms with van der Waals surface area (Å²) in [5.74, 6) is -0.715. The number of hydrogen-bond donors (Lipinski definition) is 0. The van der Waals surface area contributed by atoms with E-state index in [1.54, 1.807) is 44.4 Å². The van der Waals surface area contributed by atoms with Crippen molar-refractivity contribution >= 4 is 17.8 Å². The zero-order valence-corrected chi connectivity index (χ0v) is 22.4. The van der Waals surface area contributed by atoms with Gasteiger partial charge in [-0.05, 0) is 66.9 Å². The van der Waals surface area contributed by atoms with Crippen molar-refractivity contribution in [2.45, 2.75) is 84.0 Å². The Labute approximate surface area is 218 Å². The van der Waals surface area contributed by atoms with E-state index in [4.69, 9.17) is 9.26 Å². The molecule has 208 valence electrons. The summed E-state index contributed by atoms with van der Waals surface area (Å²) in [6, 6.07) is 0.800. The van der Waals surface area contributed by atoms with Gasteiger partial charge in [-0.1, -0.05) is 5.16 Å². The second-order valence-electron chi connectivity index (χ2n) is 11.4. The highest BCUT2D eigenvalue weighted by Gasteiger charge is 2.42. The van der Waals surface area contributed by atoms with E-state index in [0.717, 1.165) is 12.5 Å². The summed E-state index contributed by atoms with van der Waals surface area (Å²) in [6.07, 6.45) is -3.38. The van der Waals surface area contributed by atoms with E-state index >= 15 is 0 Å². The van der Waals surface area contributed by atoms with Gasteiger partial charge in [-0.25, -0.2) is 14.8 Å². The molecule has 2 aromatic rings. The van der Waals surface area contributed by atoms with Gasteiger partial charge in [-0.2, -0.15) is 18.2 Å². The molecule has 0 spiro atoms. The summed E-state index contributed by atoms with van der Waals surface area (Å²) in [4.78, 5) is 41.3. The van der Waals surface area contributed by atoms with Crippen LogP contribution in [0.1, 0.15) is 72.4 Å². The van der Waals surface area contributed by atoms with Crippen molar-refractivity contribution in [1.82, 2.24) is 25.0 Å². The van der Waals surface area contributed by atoms with Crippen molar-refractivity contribution in [3.05, 3.63) is 17.7 Å². The Bertz CT molecular complexity index is 1200. The van der Waals surface area contributed by atoms with Crippen molar-refractivity contribution < 1.29 is 32.0 Å². The van der Waals surface area contributed by atoms with Gasteiger partial charge in [0.1, 0.15) is 16.7 Å². The number of alkyl halides is 3. The molecule has 0 saturated carbocycles. The van der Waals surface area contributed by atoms with E-state index in [9.17, 15) is 22.8 Å². The zero-order chi connectivity index (χ0) is 28.0. The number of anilines is 1. The number of Topliss-reactive ketones (excluding diaryl/α,β-unsaturated/α-hetero) is 1. The van der Waals surface area contributed by atoms with Gasteiger partial charge >= 0.3 is 12.3 Å². The van der Waals surface area contributed by atoms with E-state index in [0.29, 0.717) is 32.5 Å². The molecule has 38 heavy (non-hydrogen) atoms. The predicted octanol–water partition coefficient (Wildman–Crippen LogP) is 4.64. The number of rotatable bonds is 5. The van der Waals surface area contributed by atoms with Gasteiger partial charge in [0, 0.05) is 31.6 Å². The standard InChI is InChI=1S/C25H33F3N6O4/c1-14-7-12-34(14)21-29-16(13-17(30-21)25(26,27)28)19-31-20(38-32-19)24(5,6)18(35)15-8-10-33(11-9-15)22(36)37-23(2,3)4/h13-15H,7-12H2,1-6H3/t14-/m0/s1. The zero-order valence-electron chi connectivity index (χ0n) is 22.4. The summed E-state index contributed by atoms with van der Waals surface area (Å²) in [5, 5.41) is 3.85. The number of aromatic nitrogens is 4. The molecule has 2 aromatic heterocycles. The number of nitrogens with zero attached hydrogens (tertiary/aromatic N) is 6. The molecule has 2 aliphatic heterocycles. The molecule has 2 aliphatic rings. The van der Waals surface area contributed by atoms with Crippen molar-refractivity contribution in [3.63, 3.8) is 0 Å². The Kier molecular flexibility index (Phi) is 7.17. The molecule has 0 N–H and O–H groups in total. The minimum atomic E-state index is -4.68. The normalized spacial score (nSPS) is 19.3. The molecule has 1 amide bonds. The van der Waals surface area contributed by atoms with E-state index in [-0.39, 0.29) is 41.1 Å². The van der Waals surface area contributed by atoms with Crippen LogP contribution in [-0.2, 0) is 21.1 Å². The largest absolute Gasteiger partial charge is 0.444 e. The van der Waals surface area contributed by atoms with Gasteiger partial charge in [0.15, 0.2) is 11.5 Å². The molecule has 0 aromatic carbocycles. The number of carbonyl (C=O) groups excluding carboxylic acids is 2. The first-order valence-electron chi connectivity index (χ1n) is 12.7. The lowest BCUT2D eigenvalue weighted by molar-refractivity contribution is -0.141. The molecule has 2 saturated heterocycles. The molecule has 2 fully saturated rings. The van der Waals surface area contributed by atoms with Crippen molar-refractivity contribution in [2.24, 2.45) is 5.92 Å². The fourth-order valence-electron chi connectivity index (χ4n) is 4.48. The molecule has 1 atom stereocenters. The number of ether oxygens (including phenoxy) is 1. The average Bonchev–Trinajstić information content (AvgIpc) is 3.32. The topological polar surface area (TPSA) is 115 Å². The Morgan fingerprint density at radius 2 is 1.66 bits per heavy atom. The third kappa shape index (κ3) is 5.75. The van der Waals surface area contributed by atoms with Crippen molar-refractivity contribution in [2.75, 3.05) is 24.5 Å². The van der Waals surface area contributed by atoms with Gasteiger partial charge in [0.2, 0.25) is 17.7 Å². The SMILES string of the molecule is C[C@H]1CCN1c1nc(-c2noc(C(C)(C)C(=O)C3CCN(C(=O)OC(C)(C)C)CC3)n2)cc(C(F)(F)F)n1. The van der Waals surface area contributed by atoms with Crippen LogP contribution in [-0.4, -0.2) is 68.2 Å². The molecule has 10 nitrogen and oxygen atoms in total. The molecule has 0 unspecified atom stereocenters. The number of hydrogen-bond acceptors (Lipinski definition) is 9. The summed E-state index contributed by atoms with van der Waals surface area (Å²) in [7, 11) is 0.